The topological polar surface area (TPSA) is 83.0 Å². The molecule has 1 atom stereocenters. The molecule has 1 unspecified atom stereocenters. The van der Waals surface area contributed by atoms with Crippen LogP contribution >= 0.6 is 11.3 Å². The zero-order chi connectivity index (χ0) is 25.2. The van der Waals surface area contributed by atoms with E-state index < -0.39 is 18.0 Å². The first-order chi connectivity index (χ1) is 16.6. The molecule has 11 heteroatoms. The van der Waals surface area contributed by atoms with Gasteiger partial charge in [-0.3, -0.25) is 4.79 Å². The van der Waals surface area contributed by atoms with E-state index in [2.05, 4.69) is 30.5 Å². The Morgan fingerprint density at radius 2 is 1.83 bits per heavy atom. The molecule has 35 heavy (non-hydrogen) atoms. The van der Waals surface area contributed by atoms with E-state index in [1.54, 1.807) is 30.5 Å². The fourth-order valence-electron chi connectivity index (χ4n) is 4.03. The lowest BCUT2D eigenvalue weighted by Crippen LogP contribution is -2.41. The van der Waals surface area contributed by atoms with Crippen LogP contribution in [0.3, 0.4) is 0 Å². The summed E-state index contributed by atoms with van der Waals surface area (Å²) in [7, 11) is 2.03. The Morgan fingerprint density at radius 3 is 2.43 bits per heavy atom. The lowest BCUT2D eigenvalue weighted by atomic mass is 10.0. The summed E-state index contributed by atoms with van der Waals surface area (Å²) in [6.07, 6.45) is 1.37. The van der Waals surface area contributed by atoms with Crippen molar-refractivity contribution in [3.63, 3.8) is 0 Å². The van der Waals surface area contributed by atoms with Crippen molar-refractivity contribution in [3.8, 4) is 10.6 Å². The number of hydrogen-bond acceptors (Lipinski definition) is 7. The Bertz CT molecular complexity index is 1170. The van der Waals surface area contributed by atoms with E-state index in [9.17, 15) is 18.0 Å². The molecule has 0 spiro atoms. The number of nitrogens with zero attached hydrogens (tertiary/aromatic N) is 4. The average molecular weight is 505 g/mol. The fourth-order valence-corrected chi connectivity index (χ4v) is 4.79. The minimum Gasteiger partial charge on any atom is -0.371 e. The molecule has 1 amide bonds. The van der Waals surface area contributed by atoms with Crippen molar-refractivity contribution in [2.24, 2.45) is 0 Å². The summed E-state index contributed by atoms with van der Waals surface area (Å²) in [6, 6.07) is 5.45. The number of halogens is 3. The van der Waals surface area contributed by atoms with Gasteiger partial charge in [0.2, 0.25) is 5.82 Å². The van der Waals surface area contributed by atoms with Crippen LogP contribution in [0.4, 0.5) is 18.9 Å². The highest BCUT2D eigenvalue weighted by Crippen LogP contribution is 2.31. The lowest BCUT2D eigenvalue weighted by Gasteiger charge is -2.33. The molecule has 1 aliphatic heterocycles. The van der Waals surface area contributed by atoms with Crippen molar-refractivity contribution in [1.82, 2.24) is 25.6 Å². The van der Waals surface area contributed by atoms with Gasteiger partial charge in [0.05, 0.1) is 6.04 Å². The van der Waals surface area contributed by atoms with Gasteiger partial charge in [0.15, 0.2) is 0 Å². The zero-order valence-electron chi connectivity index (χ0n) is 19.7. The van der Waals surface area contributed by atoms with Crippen LogP contribution in [0.2, 0.25) is 0 Å². The summed E-state index contributed by atoms with van der Waals surface area (Å²) >= 11 is 1.55. The van der Waals surface area contributed by atoms with Crippen molar-refractivity contribution in [1.29, 1.82) is 0 Å². The first kappa shape index (κ1) is 25.1. The summed E-state index contributed by atoms with van der Waals surface area (Å²) in [4.78, 5) is 27.8. The fraction of sp³-hybridized carbons (Fsp3) is 0.417. The minimum absolute atomic E-state index is 0.340. The maximum Gasteiger partial charge on any atom is 0.451 e. The second-order valence-corrected chi connectivity index (χ2v) is 9.90. The van der Waals surface area contributed by atoms with E-state index in [0.29, 0.717) is 17.2 Å². The number of anilines is 1. The van der Waals surface area contributed by atoms with Crippen LogP contribution in [-0.4, -0.2) is 47.0 Å². The van der Waals surface area contributed by atoms with Crippen molar-refractivity contribution >= 4 is 22.9 Å². The number of aromatic nitrogens is 3. The quantitative estimate of drug-likeness (QED) is 0.510. The maximum absolute atomic E-state index is 13.2. The van der Waals surface area contributed by atoms with Crippen LogP contribution in [0.1, 0.15) is 52.4 Å². The van der Waals surface area contributed by atoms with Crippen LogP contribution in [-0.2, 0) is 6.18 Å². The predicted octanol–water partition coefficient (Wildman–Crippen LogP) is 4.61. The number of nitrogens with one attached hydrogen (secondary N) is 2. The first-order valence-electron chi connectivity index (χ1n) is 11.3. The van der Waals surface area contributed by atoms with Gasteiger partial charge in [-0.1, -0.05) is 0 Å². The van der Waals surface area contributed by atoms with Gasteiger partial charge in [-0.05, 0) is 58.0 Å². The third-order valence-corrected chi connectivity index (χ3v) is 7.05. The molecular weight excluding hydrogens is 477 g/mol. The van der Waals surface area contributed by atoms with Crippen LogP contribution in [0, 0.1) is 6.92 Å². The van der Waals surface area contributed by atoms with Gasteiger partial charge in [0, 0.05) is 58.9 Å². The molecule has 3 aromatic rings. The molecular formula is C24H27F3N6OS. The SMILES string of the molecule is Cc1cnc(-c2cc(C(=O)NC(C)c3cnc(C(F)(F)F)nc3)cc(N(C)C3CCNCC3)c2)s1. The van der Waals surface area contributed by atoms with Gasteiger partial charge in [0.25, 0.3) is 5.91 Å². The standard InChI is InChI=1S/C24H27F3N6OS/c1-14-11-29-22(35-14)17-8-16(9-20(10-17)33(3)19-4-6-28-7-5-19)21(34)32-15(2)18-12-30-23(31-13-18)24(25,26)27/h8-13,15,19,28H,4-7H2,1-3H3,(H,32,34). The second kappa shape index (κ2) is 10.3. The second-order valence-electron chi connectivity index (χ2n) is 8.67. The molecule has 4 rings (SSSR count). The van der Waals surface area contributed by atoms with Crippen LogP contribution < -0.4 is 15.5 Å². The number of benzene rings is 1. The van der Waals surface area contributed by atoms with Crippen molar-refractivity contribution in [2.75, 3.05) is 25.0 Å². The highest BCUT2D eigenvalue weighted by molar-refractivity contribution is 7.14. The zero-order valence-corrected chi connectivity index (χ0v) is 20.5. The highest BCUT2D eigenvalue weighted by atomic mass is 32.1. The van der Waals surface area contributed by atoms with Gasteiger partial charge in [0.1, 0.15) is 5.01 Å². The molecule has 2 aromatic heterocycles. The van der Waals surface area contributed by atoms with Gasteiger partial charge >= 0.3 is 6.18 Å². The largest absolute Gasteiger partial charge is 0.451 e. The molecule has 186 valence electrons. The molecule has 0 radical (unpaired) electrons. The monoisotopic (exact) mass is 504 g/mol. The number of carbonyl (C=O) groups is 1. The number of alkyl halides is 3. The third kappa shape index (κ3) is 5.96. The first-order valence-corrected chi connectivity index (χ1v) is 12.1. The summed E-state index contributed by atoms with van der Waals surface area (Å²) in [6.45, 7) is 5.55. The van der Waals surface area contributed by atoms with Gasteiger partial charge in [-0.25, -0.2) is 15.0 Å². The number of carbonyl (C=O) groups excluding carboxylic acids is 1. The molecule has 1 saturated heterocycles. The van der Waals surface area contributed by atoms with E-state index >= 15 is 0 Å². The van der Waals surface area contributed by atoms with Crippen molar-refractivity contribution in [3.05, 3.63) is 58.6 Å². The third-order valence-electron chi connectivity index (χ3n) is 6.08. The number of hydrogen-bond donors (Lipinski definition) is 2. The van der Waals surface area contributed by atoms with E-state index in [1.165, 1.54) is 0 Å². The molecule has 0 aliphatic carbocycles. The normalized spacial score (nSPS) is 15.6. The van der Waals surface area contributed by atoms with E-state index in [1.807, 2.05) is 26.1 Å². The minimum atomic E-state index is -4.61. The van der Waals surface area contributed by atoms with E-state index in [0.717, 1.165) is 59.5 Å². The summed E-state index contributed by atoms with van der Waals surface area (Å²) in [5.41, 5.74) is 2.59. The Balaban J connectivity index is 1.60. The molecule has 0 saturated carbocycles. The maximum atomic E-state index is 13.2. The molecule has 1 aromatic carbocycles. The highest BCUT2D eigenvalue weighted by Gasteiger charge is 2.34. The summed E-state index contributed by atoms with van der Waals surface area (Å²) in [5, 5.41) is 7.04. The number of amides is 1. The molecule has 1 aliphatic rings. The Labute approximate surface area is 205 Å². The predicted molar refractivity (Wildman–Crippen MR) is 129 cm³/mol. The molecule has 2 N–H and O–H groups in total. The number of thiazole rings is 1. The Kier molecular flexibility index (Phi) is 7.36. The van der Waals surface area contributed by atoms with Crippen LogP contribution in [0.25, 0.3) is 10.6 Å². The van der Waals surface area contributed by atoms with Crippen molar-refractivity contribution in [2.45, 2.75) is 44.9 Å². The van der Waals surface area contributed by atoms with Gasteiger partial charge in [-0.15, -0.1) is 11.3 Å². The number of rotatable bonds is 6. The summed E-state index contributed by atoms with van der Waals surface area (Å²) in [5.74, 6) is -1.55. The Morgan fingerprint density at radius 1 is 1.14 bits per heavy atom. The van der Waals surface area contributed by atoms with Gasteiger partial charge in [-0.2, -0.15) is 13.2 Å². The van der Waals surface area contributed by atoms with Crippen molar-refractivity contribution < 1.29 is 18.0 Å². The number of piperidine rings is 1. The van der Waals surface area contributed by atoms with Crippen LogP contribution in [0.5, 0.6) is 0 Å². The molecule has 1 fully saturated rings. The van der Waals surface area contributed by atoms with Crippen LogP contribution in [0.15, 0.2) is 36.8 Å². The Hall–Kier alpha value is -3.05. The van der Waals surface area contributed by atoms with Gasteiger partial charge < -0.3 is 15.5 Å². The van der Waals surface area contributed by atoms with E-state index in [4.69, 9.17) is 0 Å². The lowest BCUT2D eigenvalue weighted by molar-refractivity contribution is -0.145. The summed E-state index contributed by atoms with van der Waals surface area (Å²) < 4.78 is 38.3. The molecule has 0 bridgehead atoms. The smallest absolute Gasteiger partial charge is 0.371 e. The molecule has 7 nitrogen and oxygen atoms in total. The average Bonchev–Trinajstić information content (AvgIpc) is 3.29. The molecule has 3 heterocycles. The van der Waals surface area contributed by atoms with E-state index in [-0.39, 0.29) is 5.91 Å². The number of aryl methyl sites for hydroxylation is 1.